The van der Waals surface area contributed by atoms with Gasteiger partial charge in [0.15, 0.2) is 0 Å². The van der Waals surface area contributed by atoms with Crippen LogP contribution < -0.4 is 11.1 Å². The maximum Gasteiger partial charge on any atom is 0.254 e. The van der Waals surface area contributed by atoms with E-state index in [1.165, 1.54) is 6.20 Å². The highest BCUT2D eigenvalue weighted by Gasteiger charge is 2.27. The number of anilines is 1. The maximum atomic E-state index is 12.2. The number of nitrogen functional groups attached to an aromatic ring is 1. The second-order valence-electron chi connectivity index (χ2n) is 4.40. The number of carbonyl (C=O) groups is 1. The normalized spacial score (nSPS) is 11.3. The number of nitrogens with one attached hydrogen (secondary N) is 1. The second-order valence-corrected chi connectivity index (χ2v) is 4.76. The van der Waals surface area contributed by atoms with Crippen molar-refractivity contribution in [2.24, 2.45) is 0 Å². The van der Waals surface area contributed by atoms with Crippen molar-refractivity contribution < 1.29 is 4.79 Å². The Bertz CT molecular complexity index is 422. The minimum absolute atomic E-state index is 0.180. The molecule has 1 aromatic rings. The molecular weight excluding hydrogens is 250 g/mol. The van der Waals surface area contributed by atoms with Crippen molar-refractivity contribution in [1.29, 1.82) is 0 Å². The van der Waals surface area contributed by atoms with Gasteiger partial charge in [-0.25, -0.2) is 4.98 Å². The summed E-state index contributed by atoms with van der Waals surface area (Å²) in [5.41, 5.74) is 6.20. The molecule has 100 valence electrons. The van der Waals surface area contributed by atoms with Gasteiger partial charge in [-0.15, -0.1) is 0 Å². The average Bonchev–Trinajstić information content (AvgIpc) is 2.38. The number of halogens is 1. The van der Waals surface area contributed by atoms with Crippen LogP contribution in [0.1, 0.15) is 50.4 Å². The van der Waals surface area contributed by atoms with E-state index >= 15 is 0 Å². The van der Waals surface area contributed by atoms with E-state index in [1.54, 1.807) is 6.07 Å². The first-order valence-electron chi connectivity index (χ1n) is 6.21. The molecule has 0 saturated carbocycles. The van der Waals surface area contributed by atoms with Gasteiger partial charge in [0.2, 0.25) is 0 Å². The number of hydrogen-bond donors (Lipinski definition) is 2. The number of hydrogen-bond acceptors (Lipinski definition) is 3. The maximum absolute atomic E-state index is 12.2. The summed E-state index contributed by atoms with van der Waals surface area (Å²) in [4.78, 5) is 16.1. The monoisotopic (exact) mass is 269 g/mol. The van der Waals surface area contributed by atoms with Gasteiger partial charge in [-0.1, -0.05) is 32.4 Å². The van der Waals surface area contributed by atoms with Crippen molar-refractivity contribution in [3.8, 4) is 0 Å². The van der Waals surface area contributed by atoms with Crippen molar-refractivity contribution in [2.75, 3.05) is 5.73 Å². The number of pyridine rings is 1. The largest absolute Gasteiger partial charge is 0.397 e. The van der Waals surface area contributed by atoms with E-state index in [9.17, 15) is 4.79 Å². The Labute approximate surface area is 113 Å². The predicted octanol–water partition coefficient (Wildman–Crippen LogP) is 3.02. The highest BCUT2D eigenvalue weighted by atomic mass is 35.5. The fraction of sp³-hybridized carbons (Fsp3) is 0.538. The van der Waals surface area contributed by atoms with E-state index < -0.39 is 0 Å². The number of aromatic nitrogens is 1. The molecule has 0 unspecified atom stereocenters. The number of carbonyl (C=O) groups excluding carboxylic acids is 1. The third kappa shape index (κ3) is 3.13. The van der Waals surface area contributed by atoms with Crippen LogP contribution in [-0.2, 0) is 0 Å². The summed E-state index contributed by atoms with van der Waals surface area (Å²) in [6.45, 7) is 6.19. The van der Waals surface area contributed by atoms with Gasteiger partial charge in [-0.3, -0.25) is 4.79 Å². The minimum Gasteiger partial charge on any atom is -0.397 e. The van der Waals surface area contributed by atoms with Gasteiger partial charge >= 0.3 is 0 Å². The SMILES string of the molecule is CCC(CC)(CC)NC(=O)c1cc(N)cnc1Cl. The lowest BCUT2D eigenvalue weighted by Gasteiger charge is -2.31. The van der Waals surface area contributed by atoms with E-state index in [-0.39, 0.29) is 16.6 Å². The molecule has 0 aliphatic heterocycles. The Morgan fingerprint density at radius 1 is 1.39 bits per heavy atom. The summed E-state index contributed by atoms with van der Waals surface area (Å²) in [6.07, 6.45) is 4.06. The number of nitrogens with two attached hydrogens (primary N) is 1. The summed E-state index contributed by atoms with van der Waals surface area (Å²) in [6, 6.07) is 1.55. The molecule has 0 saturated heterocycles. The highest BCUT2D eigenvalue weighted by Crippen LogP contribution is 2.22. The Morgan fingerprint density at radius 2 is 1.94 bits per heavy atom. The molecule has 3 N–H and O–H groups in total. The van der Waals surface area contributed by atoms with E-state index in [2.05, 4.69) is 31.1 Å². The van der Waals surface area contributed by atoms with Crippen LogP contribution in [0.15, 0.2) is 12.3 Å². The fourth-order valence-electron chi connectivity index (χ4n) is 1.95. The first kappa shape index (κ1) is 14.8. The van der Waals surface area contributed by atoms with Gasteiger partial charge < -0.3 is 11.1 Å². The average molecular weight is 270 g/mol. The van der Waals surface area contributed by atoms with Crippen LogP contribution in [0.4, 0.5) is 5.69 Å². The molecular formula is C13H20ClN3O. The fourth-order valence-corrected chi connectivity index (χ4v) is 2.14. The quantitative estimate of drug-likeness (QED) is 0.808. The Balaban J connectivity index is 2.97. The zero-order valence-electron chi connectivity index (χ0n) is 11.1. The highest BCUT2D eigenvalue weighted by molar-refractivity contribution is 6.32. The lowest BCUT2D eigenvalue weighted by Crippen LogP contribution is -2.47. The standard InChI is InChI=1S/C13H20ClN3O/c1-4-13(5-2,6-3)17-12(18)10-7-9(15)8-16-11(10)14/h7-8H,4-6,15H2,1-3H3,(H,17,18). The first-order chi connectivity index (χ1) is 8.48. The molecule has 18 heavy (non-hydrogen) atoms. The summed E-state index contributed by atoms with van der Waals surface area (Å²) < 4.78 is 0. The third-order valence-corrected chi connectivity index (χ3v) is 3.82. The molecule has 1 rings (SSSR count). The zero-order chi connectivity index (χ0) is 13.8. The lowest BCUT2D eigenvalue weighted by molar-refractivity contribution is 0.0888. The topological polar surface area (TPSA) is 68.0 Å². The van der Waals surface area contributed by atoms with Gasteiger partial charge in [-0.2, -0.15) is 0 Å². The van der Waals surface area contributed by atoms with Crippen molar-refractivity contribution in [3.05, 3.63) is 23.0 Å². The molecule has 0 bridgehead atoms. The van der Waals surface area contributed by atoms with E-state index in [0.717, 1.165) is 19.3 Å². The molecule has 4 nitrogen and oxygen atoms in total. The molecule has 5 heteroatoms. The molecule has 1 heterocycles. The zero-order valence-corrected chi connectivity index (χ0v) is 11.8. The smallest absolute Gasteiger partial charge is 0.254 e. The summed E-state index contributed by atoms with van der Waals surface area (Å²) >= 11 is 5.92. The molecule has 0 atom stereocenters. The van der Waals surface area contributed by atoms with E-state index in [1.807, 2.05) is 0 Å². The summed E-state index contributed by atoms with van der Waals surface area (Å²) in [7, 11) is 0. The van der Waals surface area contributed by atoms with Crippen molar-refractivity contribution in [2.45, 2.75) is 45.6 Å². The third-order valence-electron chi connectivity index (χ3n) is 3.51. The summed E-state index contributed by atoms with van der Waals surface area (Å²) in [5, 5.41) is 3.22. The molecule has 0 fully saturated rings. The van der Waals surface area contributed by atoms with Crippen molar-refractivity contribution in [1.82, 2.24) is 10.3 Å². The van der Waals surface area contributed by atoms with E-state index in [0.29, 0.717) is 11.3 Å². The van der Waals surface area contributed by atoms with Crippen LogP contribution >= 0.6 is 11.6 Å². The second kappa shape index (κ2) is 6.05. The van der Waals surface area contributed by atoms with Gasteiger partial charge in [-0.05, 0) is 25.3 Å². The Kier molecular flexibility index (Phi) is 4.96. The van der Waals surface area contributed by atoms with Crippen LogP contribution in [0.2, 0.25) is 5.15 Å². The van der Waals surface area contributed by atoms with E-state index in [4.69, 9.17) is 17.3 Å². The van der Waals surface area contributed by atoms with Crippen LogP contribution in [0, 0.1) is 0 Å². The van der Waals surface area contributed by atoms with Crippen molar-refractivity contribution in [3.63, 3.8) is 0 Å². The number of rotatable bonds is 5. The molecule has 0 radical (unpaired) electrons. The molecule has 1 aromatic heterocycles. The molecule has 0 aliphatic rings. The minimum atomic E-state index is -0.217. The molecule has 1 amide bonds. The predicted molar refractivity (Wildman–Crippen MR) is 74.7 cm³/mol. The molecule has 0 aliphatic carbocycles. The van der Waals surface area contributed by atoms with Gasteiger partial charge in [0, 0.05) is 5.54 Å². The van der Waals surface area contributed by atoms with Crippen LogP contribution in [0.5, 0.6) is 0 Å². The lowest BCUT2D eigenvalue weighted by atomic mass is 9.89. The summed E-state index contributed by atoms with van der Waals surface area (Å²) in [5.74, 6) is -0.217. The van der Waals surface area contributed by atoms with Gasteiger partial charge in [0.25, 0.3) is 5.91 Å². The van der Waals surface area contributed by atoms with Gasteiger partial charge in [0.05, 0.1) is 17.4 Å². The molecule has 0 aromatic carbocycles. The van der Waals surface area contributed by atoms with Crippen molar-refractivity contribution >= 4 is 23.2 Å². The number of amides is 1. The van der Waals surface area contributed by atoms with Gasteiger partial charge in [0.1, 0.15) is 5.15 Å². The van der Waals surface area contributed by atoms with Crippen LogP contribution in [0.25, 0.3) is 0 Å². The first-order valence-corrected chi connectivity index (χ1v) is 6.59. The molecule has 0 spiro atoms. The van der Waals surface area contributed by atoms with Crippen LogP contribution in [0.3, 0.4) is 0 Å². The Morgan fingerprint density at radius 3 is 2.44 bits per heavy atom. The number of nitrogens with zero attached hydrogens (tertiary/aromatic N) is 1. The Hall–Kier alpha value is -1.29. The van der Waals surface area contributed by atoms with Crippen LogP contribution in [-0.4, -0.2) is 16.4 Å².